The number of nitrogens with one attached hydrogen (secondary N) is 1. The maximum absolute atomic E-state index is 5.19. The zero-order valence-electron chi connectivity index (χ0n) is 12.4. The van der Waals surface area contributed by atoms with Gasteiger partial charge in [0.1, 0.15) is 5.75 Å². The smallest absolute Gasteiger partial charge is 0.118 e. The van der Waals surface area contributed by atoms with Gasteiger partial charge in [-0.25, -0.2) is 0 Å². The maximum atomic E-state index is 5.19. The Labute approximate surface area is 116 Å². The molecule has 0 spiro atoms. The molecule has 0 aliphatic carbocycles. The second kappa shape index (κ2) is 6.92. The molecule has 1 aromatic rings. The highest BCUT2D eigenvalue weighted by Crippen LogP contribution is 2.17. The third-order valence-corrected chi connectivity index (χ3v) is 4.05. The number of rotatable bonds is 5. The van der Waals surface area contributed by atoms with Crippen LogP contribution < -0.4 is 10.1 Å². The highest BCUT2D eigenvalue weighted by atomic mass is 16.5. The Morgan fingerprint density at radius 3 is 2.68 bits per heavy atom. The number of ether oxygens (including phenoxy) is 1. The Hall–Kier alpha value is -1.06. The number of nitrogens with zero attached hydrogens (tertiary/aromatic N) is 1. The quantitative estimate of drug-likeness (QED) is 0.882. The predicted octanol–water partition coefficient (Wildman–Crippen LogP) is 2.52. The van der Waals surface area contributed by atoms with Crippen LogP contribution in [-0.2, 0) is 6.54 Å². The summed E-state index contributed by atoms with van der Waals surface area (Å²) in [7, 11) is 3.91. The third kappa shape index (κ3) is 4.22. The number of piperidine rings is 1. The lowest BCUT2D eigenvalue weighted by Gasteiger charge is -2.33. The first kappa shape index (κ1) is 14.4. The van der Waals surface area contributed by atoms with Crippen molar-refractivity contribution in [1.82, 2.24) is 10.2 Å². The molecule has 1 aromatic carbocycles. The molecule has 1 aliphatic heterocycles. The zero-order chi connectivity index (χ0) is 13.7. The van der Waals surface area contributed by atoms with E-state index in [0.29, 0.717) is 6.04 Å². The van der Waals surface area contributed by atoms with E-state index in [4.69, 9.17) is 4.74 Å². The lowest BCUT2D eigenvalue weighted by atomic mass is 9.92. The molecule has 2 unspecified atom stereocenters. The van der Waals surface area contributed by atoms with E-state index < -0.39 is 0 Å². The standard InChI is InChI=1S/C16H26N2O/c1-13-5-4-10-17-16(13)12-18(2)11-14-6-8-15(19-3)9-7-14/h6-9,13,16-17H,4-5,10-12H2,1-3H3. The molecule has 1 N–H and O–H groups in total. The lowest BCUT2D eigenvalue weighted by Crippen LogP contribution is -2.46. The third-order valence-electron chi connectivity index (χ3n) is 4.05. The summed E-state index contributed by atoms with van der Waals surface area (Å²) in [6.45, 7) is 5.64. The fraction of sp³-hybridized carbons (Fsp3) is 0.625. The minimum atomic E-state index is 0.636. The van der Waals surface area contributed by atoms with Gasteiger partial charge in [0.2, 0.25) is 0 Å². The van der Waals surface area contributed by atoms with Gasteiger partial charge in [0.05, 0.1) is 7.11 Å². The molecule has 0 aromatic heterocycles. The average Bonchev–Trinajstić information content (AvgIpc) is 2.42. The van der Waals surface area contributed by atoms with Crippen LogP contribution in [0.5, 0.6) is 5.75 Å². The van der Waals surface area contributed by atoms with Crippen molar-refractivity contribution in [2.75, 3.05) is 27.2 Å². The van der Waals surface area contributed by atoms with Crippen molar-refractivity contribution in [3.05, 3.63) is 29.8 Å². The average molecular weight is 262 g/mol. The van der Waals surface area contributed by atoms with Crippen molar-refractivity contribution in [1.29, 1.82) is 0 Å². The number of hydrogen-bond acceptors (Lipinski definition) is 3. The Bertz CT molecular complexity index is 377. The van der Waals surface area contributed by atoms with E-state index in [-0.39, 0.29) is 0 Å². The highest BCUT2D eigenvalue weighted by Gasteiger charge is 2.21. The number of likely N-dealkylation sites (N-methyl/N-ethyl adjacent to an activating group) is 1. The molecule has 1 aliphatic rings. The van der Waals surface area contributed by atoms with Crippen LogP contribution in [0.3, 0.4) is 0 Å². The number of methoxy groups -OCH3 is 1. The molecule has 0 radical (unpaired) electrons. The van der Waals surface area contributed by atoms with Crippen LogP contribution >= 0.6 is 0 Å². The largest absolute Gasteiger partial charge is 0.497 e. The fourth-order valence-electron chi connectivity index (χ4n) is 2.80. The molecule has 0 saturated carbocycles. The van der Waals surface area contributed by atoms with E-state index in [9.17, 15) is 0 Å². The van der Waals surface area contributed by atoms with Gasteiger partial charge in [0.15, 0.2) is 0 Å². The van der Waals surface area contributed by atoms with Gasteiger partial charge in [-0.05, 0) is 50.0 Å². The molecule has 2 atom stereocenters. The molecule has 19 heavy (non-hydrogen) atoms. The van der Waals surface area contributed by atoms with Gasteiger partial charge in [-0.2, -0.15) is 0 Å². The topological polar surface area (TPSA) is 24.5 Å². The van der Waals surface area contributed by atoms with Gasteiger partial charge in [0, 0.05) is 19.1 Å². The molecule has 3 heteroatoms. The first-order valence-corrected chi connectivity index (χ1v) is 7.24. The van der Waals surface area contributed by atoms with Crippen molar-refractivity contribution < 1.29 is 4.74 Å². The SMILES string of the molecule is COc1ccc(CN(C)CC2NCCCC2C)cc1. The van der Waals surface area contributed by atoms with Gasteiger partial charge >= 0.3 is 0 Å². The Morgan fingerprint density at radius 1 is 1.32 bits per heavy atom. The van der Waals surface area contributed by atoms with Crippen molar-refractivity contribution in [3.63, 3.8) is 0 Å². The van der Waals surface area contributed by atoms with Gasteiger partial charge in [0.25, 0.3) is 0 Å². The summed E-state index contributed by atoms with van der Waals surface area (Å²) in [5.41, 5.74) is 1.34. The minimum absolute atomic E-state index is 0.636. The lowest BCUT2D eigenvalue weighted by molar-refractivity contribution is 0.212. The predicted molar refractivity (Wildman–Crippen MR) is 79.5 cm³/mol. The molecule has 1 saturated heterocycles. The fourth-order valence-corrected chi connectivity index (χ4v) is 2.80. The van der Waals surface area contributed by atoms with Crippen molar-refractivity contribution in [2.24, 2.45) is 5.92 Å². The van der Waals surface area contributed by atoms with Crippen LogP contribution in [0.25, 0.3) is 0 Å². The van der Waals surface area contributed by atoms with Gasteiger partial charge in [-0.15, -0.1) is 0 Å². The van der Waals surface area contributed by atoms with Crippen LogP contribution in [0.15, 0.2) is 24.3 Å². The molecule has 0 bridgehead atoms. The van der Waals surface area contributed by atoms with Crippen molar-refractivity contribution >= 4 is 0 Å². The summed E-state index contributed by atoms with van der Waals surface area (Å²) in [5, 5.41) is 3.64. The second-order valence-electron chi connectivity index (χ2n) is 5.72. The molecule has 2 rings (SSSR count). The summed E-state index contributed by atoms with van der Waals surface area (Å²) in [6.07, 6.45) is 2.67. The van der Waals surface area contributed by atoms with Crippen LogP contribution in [0.2, 0.25) is 0 Å². The van der Waals surface area contributed by atoms with Crippen LogP contribution in [-0.4, -0.2) is 38.2 Å². The van der Waals surface area contributed by atoms with Crippen molar-refractivity contribution in [3.8, 4) is 5.75 Å². The van der Waals surface area contributed by atoms with E-state index >= 15 is 0 Å². The summed E-state index contributed by atoms with van der Waals surface area (Å²) in [5.74, 6) is 1.71. The molecule has 3 nitrogen and oxygen atoms in total. The van der Waals surface area contributed by atoms with Gasteiger partial charge < -0.3 is 15.0 Å². The van der Waals surface area contributed by atoms with E-state index in [1.54, 1.807) is 7.11 Å². The summed E-state index contributed by atoms with van der Waals surface area (Å²) in [4.78, 5) is 2.40. The number of benzene rings is 1. The Morgan fingerprint density at radius 2 is 2.05 bits per heavy atom. The van der Waals surface area contributed by atoms with E-state index in [2.05, 4.69) is 36.3 Å². The Kier molecular flexibility index (Phi) is 5.23. The first-order valence-electron chi connectivity index (χ1n) is 7.24. The second-order valence-corrected chi connectivity index (χ2v) is 5.72. The summed E-state index contributed by atoms with van der Waals surface area (Å²) >= 11 is 0. The maximum Gasteiger partial charge on any atom is 0.118 e. The van der Waals surface area contributed by atoms with Gasteiger partial charge in [-0.1, -0.05) is 19.1 Å². The Balaban J connectivity index is 1.84. The van der Waals surface area contributed by atoms with Crippen LogP contribution in [0.4, 0.5) is 0 Å². The van der Waals surface area contributed by atoms with Crippen LogP contribution in [0.1, 0.15) is 25.3 Å². The zero-order valence-corrected chi connectivity index (χ0v) is 12.4. The number of hydrogen-bond donors (Lipinski definition) is 1. The monoisotopic (exact) mass is 262 g/mol. The summed E-state index contributed by atoms with van der Waals surface area (Å²) < 4.78 is 5.19. The summed E-state index contributed by atoms with van der Waals surface area (Å²) in [6, 6.07) is 8.99. The van der Waals surface area contributed by atoms with E-state index in [1.165, 1.54) is 24.9 Å². The van der Waals surface area contributed by atoms with Crippen molar-refractivity contribution in [2.45, 2.75) is 32.4 Å². The molecular weight excluding hydrogens is 236 g/mol. The minimum Gasteiger partial charge on any atom is -0.497 e. The molecule has 1 heterocycles. The van der Waals surface area contributed by atoms with Gasteiger partial charge in [-0.3, -0.25) is 0 Å². The van der Waals surface area contributed by atoms with E-state index in [1.807, 2.05) is 12.1 Å². The first-order chi connectivity index (χ1) is 9.19. The molecule has 106 valence electrons. The molecule has 0 amide bonds. The molecular formula is C16H26N2O. The van der Waals surface area contributed by atoms with Crippen LogP contribution in [0, 0.1) is 5.92 Å². The highest BCUT2D eigenvalue weighted by molar-refractivity contribution is 5.27. The molecule has 1 fully saturated rings. The van der Waals surface area contributed by atoms with E-state index in [0.717, 1.165) is 24.8 Å². The normalized spacial score (nSPS) is 23.6.